The van der Waals surface area contributed by atoms with Crippen molar-refractivity contribution in [2.45, 2.75) is 6.42 Å². The van der Waals surface area contributed by atoms with Gasteiger partial charge in [0.05, 0.1) is 7.11 Å². The molecule has 130 valence electrons. The van der Waals surface area contributed by atoms with Crippen LogP contribution in [0.25, 0.3) is 17.1 Å². The summed E-state index contributed by atoms with van der Waals surface area (Å²) < 4.78 is 6.97. The normalized spacial score (nSPS) is 11.5. The molecule has 5 nitrogen and oxygen atoms in total. The Hall–Kier alpha value is -2.70. The number of hydrogen-bond donors (Lipinski definition) is 0. The van der Waals surface area contributed by atoms with Gasteiger partial charge in [0.25, 0.3) is 0 Å². The molecule has 0 amide bonds. The molecule has 0 bridgehead atoms. The molecule has 0 aliphatic carbocycles. The van der Waals surface area contributed by atoms with Gasteiger partial charge < -0.3 is 4.74 Å². The SMILES string of the molecule is COc1ccc(/C=C/c2nn3c(Cc4ccc(Cl)cc4)nnc3s2)cc1. The Morgan fingerprint density at radius 3 is 2.54 bits per heavy atom. The summed E-state index contributed by atoms with van der Waals surface area (Å²) in [6, 6.07) is 15.6. The Labute approximate surface area is 159 Å². The summed E-state index contributed by atoms with van der Waals surface area (Å²) in [6.45, 7) is 0. The van der Waals surface area contributed by atoms with Crippen molar-refractivity contribution in [1.29, 1.82) is 0 Å². The highest BCUT2D eigenvalue weighted by Crippen LogP contribution is 2.19. The van der Waals surface area contributed by atoms with Crippen LogP contribution >= 0.6 is 22.9 Å². The first-order valence-electron chi connectivity index (χ1n) is 7.99. The van der Waals surface area contributed by atoms with Crippen LogP contribution in [0.4, 0.5) is 0 Å². The number of methoxy groups -OCH3 is 1. The first kappa shape index (κ1) is 16.8. The van der Waals surface area contributed by atoms with E-state index in [1.54, 1.807) is 11.6 Å². The molecule has 0 aliphatic rings. The van der Waals surface area contributed by atoms with Crippen molar-refractivity contribution in [1.82, 2.24) is 19.8 Å². The number of ether oxygens (including phenoxy) is 1. The van der Waals surface area contributed by atoms with Crippen LogP contribution in [0.2, 0.25) is 5.02 Å². The fourth-order valence-corrected chi connectivity index (χ4v) is 3.40. The largest absolute Gasteiger partial charge is 0.497 e. The zero-order valence-electron chi connectivity index (χ0n) is 14.0. The lowest BCUT2D eigenvalue weighted by Gasteiger charge is -1.99. The van der Waals surface area contributed by atoms with Gasteiger partial charge in [0.2, 0.25) is 4.96 Å². The number of nitrogens with zero attached hydrogens (tertiary/aromatic N) is 4. The Balaban J connectivity index is 1.54. The van der Waals surface area contributed by atoms with Gasteiger partial charge in [-0.3, -0.25) is 0 Å². The number of benzene rings is 2. The Morgan fingerprint density at radius 2 is 1.81 bits per heavy atom. The van der Waals surface area contributed by atoms with E-state index in [1.807, 2.05) is 60.7 Å². The van der Waals surface area contributed by atoms with Gasteiger partial charge in [0.15, 0.2) is 5.82 Å². The summed E-state index contributed by atoms with van der Waals surface area (Å²) in [5.74, 6) is 1.65. The molecule has 0 aliphatic heterocycles. The van der Waals surface area contributed by atoms with Crippen LogP contribution in [0.1, 0.15) is 22.0 Å². The van der Waals surface area contributed by atoms with E-state index in [0.29, 0.717) is 6.42 Å². The van der Waals surface area contributed by atoms with Crippen molar-refractivity contribution in [3.63, 3.8) is 0 Å². The standard InChI is InChI=1S/C19H15ClN4OS/c1-25-16-9-4-13(5-10-16)6-11-18-23-24-17(21-22-19(24)26-18)12-14-2-7-15(20)8-3-14/h2-11H,12H2,1H3/b11-6+. The summed E-state index contributed by atoms with van der Waals surface area (Å²) in [5.41, 5.74) is 2.20. The van der Waals surface area contributed by atoms with Crippen LogP contribution in [-0.2, 0) is 6.42 Å². The fraction of sp³-hybridized carbons (Fsp3) is 0.105. The Morgan fingerprint density at radius 1 is 1.04 bits per heavy atom. The molecule has 0 atom stereocenters. The van der Waals surface area contributed by atoms with Crippen LogP contribution in [0.15, 0.2) is 48.5 Å². The van der Waals surface area contributed by atoms with E-state index in [9.17, 15) is 0 Å². The lowest BCUT2D eigenvalue weighted by atomic mass is 10.1. The first-order chi connectivity index (χ1) is 12.7. The van der Waals surface area contributed by atoms with Crippen LogP contribution in [0.5, 0.6) is 5.75 Å². The molecule has 0 fully saturated rings. The van der Waals surface area contributed by atoms with Crippen molar-refractivity contribution in [2.75, 3.05) is 7.11 Å². The molecule has 4 aromatic rings. The van der Waals surface area contributed by atoms with Crippen molar-refractivity contribution in [2.24, 2.45) is 0 Å². The topological polar surface area (TPSA) is 52.3 Å². The predicted octanol–water partition coefficient (Wildman–Crippen LogP) is 4.61. The number of halogens is 1. The molecule has 0 N–H and O–H groups in total. The third kappa shape index (κ3) is 3.61. The summed E-state index contributed by atoms with van der Waals surface area (Å²) >= 11 is 7.44. The molecule has 0 saturated carbocycles. The number of fused-ring (bicyclic) bond motifs is 1. The summed E-state index contributed by atoms with van der Waals surface area (Å²) in [4.78, 5) is 0.781. The molecule has 0 spiro atoms. The van der Waals surface area contributed by atoms with Gasteiger partial charge >= 0.3 is 0 Å². The number of rotatable bonds is 5. The zero-order chi connectivity index (χ0) is 17.9. The Kier molecular flexibility index (Phi) is 4.69. The molecule has 2 aromatic carbocycles. The zero-order valence-corrected chi connectivity index (χ0v) is 15.5. The third-order valence-corrected chi connectivity index (χ3v) is 5.00. The molecule has 4 rings (SSSR count). The molecule has 0 saturated heterocycles. The average Bonchev–Trinajstić information content (AvgIpc) is 3.24. The molecule has 26 heavy (non-hydrogen) atoms. The lowest BCUT2D eigenvalue weighted by molar-refractivity contribution is 0.415. The second-order valence-electron chi connectivity index (χ2n) is 5.66. The van der Waals surface area contributed by atoms with Gasteiger partial charge in [-0.1, -0.05) is 53.3 Å². The highest BCUT2D eigenvalue weighted by molar-refractivity contribution is 7.17. The molecule has 2 heterocycles. The predicted molar refractivity (Wildman–Crippen MR) is 105 cm³/mol. The van der Waals surface area contributed by atoms with Gasteiger partial charge in [-0.2, -0.15) is 9.61 Å². The quantitative estimate of drug-likeness (QED) is 0.505. The minimum atomic E-state index is 0.656. The van der Waals surface area contributed by atoms with E-state index in [-0.39, 0.29) is 0 Å². The first-order valence-corrected chi connectivity index (χ1v) is 9.18. The summed E-state index contributed by atoms with van der Waals surface area (Å²) in [6.07, 6.45) is 4.65. The van der Waals surface area contributed by atoms with E-state index < -0.39 is 0 Å². The molecular weight excluding hydrogens is 368 g/mol. The lowest BCUT2D eigenvalue weighted by Crippen LogP contribution is -1.97. The van der Waals surface area contributed by atoms with E-state index in [2.05, 4.69) is 15.3 Å². The molecule has 7 heteroatoms. The molecule has 0 unspecified atom stereocenters. The average molecular weight is 383 g/mol. The van der Waals surface area contributed by atoms with Crippen molar-refractivity contribution in [3.05, 3.63) is 75.5 Å². The van der Waals surface area contributed by atoms with Crippen LogP contribution in [0.3, 0.4) is 0 Å². The van der Waals surface area contributed by atoms with Crippen molar-refractivity contribution >= 4 is 40.1 Å². The third-order valence-electron chi connectivity index (χ3n) is 3.88. The monoisotopic (exact) mass is 382 g/mol. The van der Waals surface area contributed by atoms with Gasteiger partial charge in [0, 0.05) is 11.4 Å². The molecular formula is C19H15ClN4OS. The fourth-order valence-electron chi connectivity index (χ4n) is 2.52. The van der Waals surface area contributed by atoms with E-state index in [0.717, 1.165) is 37.7 Å². The molecule has 0 radical (unpaired) electrons. The maximum atomic E-state index is 5.94. The number of hydrogen-bond acceptors (Lipinski definition) is 5. The van der Waals surface area contributed by atoms with Crippen LogP contribution < -0.4 is 4.74 Å². The van der Waals surface area contributed by atoms with Crippen molar-refractivity contribution in [3.8, 4) is 5.75 Å². The highest BCUT2D eigenvalue weighted by atomic mass is 35.5. The highest BCUT2D eigenvalue weighted by Gasteiger charge is 2.11. The van der Waals surface area contributed by atoms with Gasteiger partial charge in [0.1, 0.15) is 10.8 Å². The minimum Gasteiger partial charge on any atom is -0.497 e. The van der Waals surface area contributed by atoms with E-state index in [1.165, 1.54) is 11.3 Å². The second-order valence-corrected chi connectivity index (χ2v) is 7.08. The summed E-state index contributed by atoms with van der Waals surface area (Å²) in [7, 11) is 1.66. The van der Waals surface area contributed by atoms with Gasteiger partial charge in [-0.05, 0) is 41.5 Å². The van der Waals surface area contributed by atoms with Crippen molar-refractivity contribution < 1.29 is 4.74 Å². The van der Waals surface area contributed by atoms with E-state index in [4.69, 9.17) is 16.3 Å². The van der Waals surface area contributed by atoms with Gasteiger partial charge in [-0.15, -0.1) is 10.2 Å². The van der Waals surface area contributed by atoms with Crippen LogP contribution in [0, 0.1) is 0 Å². The smallest absolute Gasteiger partial charge is 0.234 e. The van der Waals surface area contributed by atoms with Crippen LogP contribution in [-0.4, -0.2) is 26.9 Å². The second kappa shape index (κ2) is 7.27. The Bertz CT molecular complexity index is 1050. The maximum Gasteiger partial charge on any atom is 0.234 e. The van der Waals surface area contributed by atoms with Gasteiger partial charge in [-0.25, -0.2) is 0 Å². The minimum absolute atomic E-state index is 0.656. The maximum absolute atomic E-state index is 5.94. The van der Waals surface area contributed by atoms with E-state index >= 15 is 0 Å². The number of aromatic nitrogens is 4. The molecule has 2 aromatic heterocycles. The summed E-state index contributed by atoms with van der Waals surface area (Å²) in [5, 5.41) is 14.7.